The molecule has 0 saturated carbocycles. The molecule has 0 heterocycles. The second-order valence-corrected chi connectivity index (χ2v) is 9.29. The molecular weight excluding hydrogens is 482 g/mol. The van der Waals surface area contributed by atoms with E-state index in [1.807, 2.05) is 0 Å². The fraction of sp³-hybridized carbons (Fsp3) is 0.0526. The highest BCUT2D eigenvalue weighted by atomic mass is 35.5. The average molecular weight is 494 g/mol. The van der Waals surface area contributed by atoms with Crippen LogP contribution in [0.2, 0.25) is 20.1 Å². The number of aromatic hydroxyl groups is 2. The molecule has 0 atom stereocenters. The molecule has 0 bridgehead atoms. The maximum Gasteiger partial charge on any atom is 0.283 e. The van der Waals surface area contributed by atoms with Crippen LogP contribution in [0.25, 0.3) is 0 Å². The first kappa shape index (κ1) is 22.0. The fourth-order valence-electron chi connectivity index (χ4n) is 3.16. The Balaban J connectivity index is 2.57. The standard InChI is InChI=1S/C19H12Cl4O5S/c20-13-6-11(7-14(21)17(13)24)19(29(26,27)28,10-4-2-1-3-5-10)12-8-15(22)18(25)16(23)9-12/h1-9,24-25H,(H,26,27,28). The predicted molar refractivity (Wildman–Crippen MR) is 114 cm³/mol. The van der Waals surface area contributed by atoms with Crippen molar-refractivity contribution in [2.45, 2.75) is 4.75 Å². The van der Waals surface area contributed by atoms with Crippen molar-refractivity contribution < 1.29 is 23.2 Å². The minimum absolute atomic E-state index is 0.0724. The fourth-order valence-corrected chi connectivity index (χ4v) is 5.40. The van der Waals surface area contributed by atoms with E-state index in [1.54, 1.807) is 18.2 Å². The van der Waals surface area contributed by atoms with Gasteiger partial charge in [-0.2, -0.15) is 8.42 Å². The monoisotopic (exact) mass is 492 g/mol. The van der Waals surface area contributed by atoms with Crippen LogP contribution >= 0.6 is 46.4 Å². The van der Waals surface area contributed by atoms with Crippen molar-refractivity contribution in [2.75, 3.05) is 0 Å². The van der Waals surface area contributed by atoms with Crippen molar-refractivity contribution in [3.8, 4) is 11.5 Å². The minimum Gasteiger partial charge on any atom is -0.505 e. The van der Waals surface area contributed by atoms with Crippen LogP contribution in [0.1, 0.15) is 16.7 Å². The zero-order chi connectivity index (χ0) is 21.6. The molecule has 3 aromatic rings. The van der Waals surface area contributed by atoms with E-state index in [4.69, 9.17) is 46.4 Å². The molecule has 0 saturated heterocycles. The zero-order valence-corrected chi connectivity index (χ0v) is 18.1. The Bertz CT molecular complexity index is 1090. The summed E-state index contributed by atoms with van der Waals surface area (Å²) in [5, 5.41) is 18.9. The lowest BCUT2D eigenvalue weighted by Crippen LogP contribution is -2.38. The highest BCUT2D eigenvalue weighted by Gasteiger charge is 2.49. The largest absolute Gasteiger partial charge is 0.505 e. The Morgan fingerprint density at radius 2 is 1.00 bits per heavy atom. The van der Waals surface area contributed by atoms with Gasteiger partial charge in [0.05, 0.1) is 20.1 Å². The highest BCUT2D eigenvalue weighted by Crippen LogP contribution is 2.49. The van der Waals surface area contributed by atoms with Crippen molar-refractivity contribution >= 4 is 56.5 Å². The molecule has 0 unspecified atom stereocenters. The summed E-state index contributed by atoms with van der Waals surface area (Å²) in [6, 6.07) is 12.4. The molecule has 5 nitrogen and oxygen atoms in total. The van der Waals surface area contributed by atoms with Crippen LogP contribution in [0, 0.1) is 0 Å². The molecule has 3 N–H and O–H groups in total. The molecule has 3 rings (SSSR count). The molecule has 0 radical (unpaired) electrons. The molecular formula is C19H12Cl4O5S. The summed E-state index contributed by atoms with van der Waals surface area (Å²) in [6.45, 7) is 0. The van der Waals surface area contributed by atoms with Crippen LogP contribution in [0.15, 0.2) is 54.6 Å². The smallest absolute Gasteiger partial charge is 0.283 e. The van der Waals surface area contributed by atoms with E-state index in [1.165, 1.54) is 12.1 Å². The van der Waals surface area contributed by atoms with Crippen LogP contribution in [-0.2, 0) is 14.9 Å². The molecule has 0 aromatic heterocycles. The second kappa shape index (κ2) is 7.87. The number of rotatable bonds is 4. The van der Waals surface area contributed by atoms with E-state index in [9.17, 15) is 23.2 Å². The maximum absolute atomic E-state index is 12.9. The first-order valence-corrected chi connectivity index (χ1v) is 10.8. The van der Waals surface area contributed by atoms with Crippen molar-refractivity contribution in [2.24, 2.45) is 0 Å². The molecule has 0 aliphatic carbocycles. The van der Waals surface area contributed by atoms with E-state index < -0.39 is 26.4 Å². The van der Waals surface area contributed by atoms with E-state index in [0.717, 1.165) is 24.3 Å². The molecule has 0 spiro atoms. The quantitative estimate of drug-likeness (QED) is 0.311. The third-order valence-corrected chi connectivity index (χ3v) is 7.05. The van der Waals surface area contributed by atoms with Crippen LogP contribution in [0.4, 0.5) is 0 Å². The zero-order valence-electron chi connectivity index (χ0n) is 14.3. The van der Waals surface area contributed by atoms with Crippen molar-refractivity contribution in [3.63, 3.8) is 0 Å². The van der Waals surface area contributed by atoms with Gasteiger partial charge in [0.15, 0.2) is 16.2 Å². The summed E-state index contributed by atoms with van der Waals surface area (Å²) in [5.41, 5.74) is -0.0215. The Kier molecular flexibility index (Phi) is 5.98. The summed E-state index contributed by atoms with van der Waals surface area (Å²) in [7, 11) is -4.98. The van der Waals surface area contributed by atoms with Gasteiger partial charge in [0.1, 0.15) is 0 Å². The first-order valence-electron chi connectivity index (χ1n) is 7.89. The Morgan fingerprint density at radius 3 is 1.31 bits per heavy atom. The molecule has 0 fully saturated rings. The Hall–Kier alpha value is -1.67. The highest BCUT2D eigenvalue weighted by molar-refractivity contribution is 7.87. The van der Waals surface area contributed by atoms with Crippen molar-refractivity contribution in [3.05, 3.63) is 91.4 Å². The van der Waals surface area contributed by atoms with E-state index >= 15 is 0 Å². The van der Waals surface area contributed by atoms with Gasteiger partial charge >= 0.3 is 0 Å². The topological polar surface area (TPSA) is 94.8 Å². The van der Waals surface area contributed by atoms with Gasteiger partial charge in [-0.15, -0.1) is 0 Å². The molecule has 0 amide bonds. The lowest BCUT2D eigenvalue weighted by molar-refractivity contribution is 0.456. The number of hydrogen-bond acceptors (Lipinski definition) is 4. The van der Waals surface area contributed by atoms with Gasteiger partial charge in [0, 0.05) is 0 Å². The summed E-state index contributed by atoms with van der Waals surface area (Å²) >= 11 is 24.1. The number of phenolic OH excluding ortho intramolecular Hbond substituents is 2. The van der Waals surface area contributed by atoms with Crippen LogP contribution in [0.3, 0.4) is 0 Å². The lowest BCUT2D eigenvalue weighted by Gasteiger charge is -2.33. The van der Waals surface area contributed by atoms with E-state index in [0.29, 0.717) is 0 Å². The van der Waals surface area contributed by atoms with E-state index in [-0.39, 0.29) is 36.8 Å². The molecule has 3 aromatic carbocycles. The first-order chi connectivity index (χ1) is 13.5. The van der Waals surface area contributed by atoms with E-state index in [2.05, 4.69) is 0 Å². The third-order valence-electron chi connectivity index (χ3n) is 4.41. The predicted octanol–water partition coefficient (Wildman–Crippen LogP) is 5.89. The normalized spacial score (nSPS) is 12.2. The number of phenols is 2. The number of hydrogen-bond donors (Lipinski definition) is 3. The van der Waals surface area contributed by atoms with Gasteiger partial charge in [0.2, 0.25) is 0 Å². The molecule has 0 aliphatic heterocycles. The van der Waals surface area contributed by atoms with Gasteiger partial charge in [-0.25, -0.2) is 0 Å². The lowest BCUT2D eigenvalue weighted by atomic mass is 9.84. The number of halogens is 4. The SMILES string of the molecule is O=S(=O)(O)C(c1ccccc1)(c1cc(Cl)c(O)c(Cl)c1)c1cc(Cl)c(O)c(Cl)c1. The van der Waals surface area contributed by atoms with Gasteiger partial charge in [-0.05, 0) is 41.0 Å². The third kappa shape index (κ3) is 3.65. The summed E-state index contributed by atoms with van der Waals surface area (Å²) < 4.78 is 34.1. The molecule has 10 heteroatoms. The Morgan fingerprint density at radius 1 is 0.655 bits per heavy atom. The number of benzene rings is 3. The van der Waals surface area contributed by atoms with Gasteiger partial charge in [-0.1, -0.05) is 76.7 Å². The average Bonchev–Trinajstić information content (AvgIpc) is 2.64. The molecule has 0 aliphatic rings. The van der Waals surface area contributed by atoms with Crippen LogP contribution in [-0.4, -0.2) is 23.2 Å². The van der Waals surface area contributed by atoms with Gasteiger partial charge in [-0.3, -0.25) is 4.55 Å². The van der Waals surface area contributed by atoms with Crippen molar-refractivity contribution in [1.29, 1.82) is 0 Å². The second-order valence-electron chi connectivity index (χ2n) is 6.10. The van der Waals surface area contributed by atoms with Gasteiger partial charge in [0.25, 0.3) is 10.1 Å². The molecule has 29 heavy (non-hydrogen) atoms. The summed E-state index contributed by atoms with van der Waals surface area (Å²) in [5.74, 6) is -0.896. The van der Waals surface area contributed by atoms with Crippen LogP contribution in [0.5, 0.6) is 11.5 Å². The maximum atomic E-state index is 12.9. The van der Waals surface area contributed by atoms with Gasteiger partial charge < -0.3 is 10.2 Å². The summed E-state index contributed by atoms with van der Waals surface area (Å²) in [4.78, 5) is 0. The Labute approximate surface area is 186 Å². The van der Waals surface area contributed by atoms with Crippen molar-refractivity contribution in [1.82, 2.24) is 0 Å². The molecule has 152 valence electrons. The van der Waals surface area contributed by atoms with Crippen LogP contribution < -0.4 is 0 Å². The summed E-state index contributed by atoms with van der Waals surface area (Å²) in [6.07, 6.45) is 0. The minimum atomic E-state index is -4.98.